The Bertz CT molecular complexity index is 530. The van der Waals surface area contributed by atoms with Gasteiger partial charge in [0.15, 0.2) is 11.6 Å². The number of nitrogens with zero attached hydrogens (tertiary/aromatic N) is 4. The third-order valence-electron chi connectivity index (χ3n) is 3.56. The highest BCUT2D eigenvalue weighted by Crippen LogP contribution is 2.26. The molecule has 0 spiro atoms. The van der Waals surface area contributed by atoms with Gasteiger partial charge >= 0.3 is 0 Å². The lowest BCUT2D eigenvalue weighted by Crippen LogP contribution is -2.24. The Morgan fingerprint density at radius 3 is 2.79 bits per heavy atom. The minimum atomic E-state index is 0.474. The minimum Gasteiger partial charge on any atom is -0.393 e. The molecule has 0 atom stereocenters. The molecular formula is C13H18N6. The molecular weight excluding hydrogens is 240 g/mol. The molecule has 19 heavy (non-hydrogen) atoms. The fourth-order valence-corrected chi connectivity index (χ4v) is 2.53. The van der Waals surface area contributed by atoms with Gasteiger partial charge in [0.2, 0.25) is 0 Å². The van der Waals surface area contributed by atoms with Crippen LogP contribution in [0, 0.1) is 0 Å². The predicted octanol–water partition coefficient (Wildman–Crippen LogP) is 1.99. The molecule has 2 aromatic rings. The van der Waals surface area contributed by atoms with Crippen molar-refractivity contribution in [1.29, 1.82) is 0 Å². The third kappa shape index (κ3) is 2.52. The summed E-state index contributed by atoms with van der Waals surface area (Å²) >= 11 is 0. The lowest BCUT2D eigenvalue weighted by Gasteiger charge is -2.24. The van der Waals surface area contributed by atoms with Crippen LogP contribution in [-0.2, 0) is 0 Å². The standard InChI is InChI=1S/C13H18N6/c14-11-12(18-10-4-2-1-3-5-10)16-8-17-13(11)19-7-6-15-9-19/h6-10H,1-5,14H2,(H,16,17,18). The number of aromatic nitrogens is 4. The van der Waals surface area contributed by atoms with Gasteiger partial charge in [0, 0.05) is 18.4 Å². The van der Waals surface area contributed by atoms with Crippen molar-refractivity contribution in [3.8, 4) is 5.82 Å². The lowest BCUT2D eigenvalue weighted by molar-refractivity contribution is 0.462. The van der Waals surface area contributed by atoms with Gasteiger partial charge in [-0.1, -0.05) is 19.3 Å². The van der Waals surface area contributed by atoms with E-state index in [1.165, 1.54) is 38.4 Å². The smallest absolute Gasteiger partial charge is 0.166 e. The molecule has 0 amide bonds. The Morgan fingerprint density at radius 2 is 2.05 bits per heavy atom. The zero-order chi connectivity index (χ0) is 13.1. The number of hydrogen-bond donors (Lipinski definition) is 2. The van der Waals surface area contributed by atoms with Crippen LogP contribution in [0.25, 0.3) is 5.82 Å². The van der Waals surface area contributed by atoms with Crippen LogP contribution in [0.2, 0.25) is 0 Å². The highest BCUT2D eigenvalue weighted by molar-refractivity contribution is 5.69. The molecule has 2 aromatic heterocycles. The summed E-state index contributed by atoms with van der Waals surface area (Å²) in [6.45, 7) is 0. The normalized spacial score (nSPS) is 16.4. The van der Waals surface area contributed by atoms with Gasteiger partial charge in [-0.2, -0.15) is 0 Å². The van der Waals surface area contributed by atoms with Gasteiger partial charge in [-0.3, -0.25) is 4.57 Å². The van der Waals surface area contributed by atoms with E-state index in [2.05, 4.69) is 20.3 Å². The summed E-state index contributed by atoms with van der Waals surface area (Å²) in [6.07, 6.45) is 13.0. The van der Waals surface area contributed by atoms with Crippen molar-refractivity contribution in [3.63, 3.8) is 0 Å². The van der Waals surface area contributed by atoms with E-state index < -0.39 is 0 Å². The molecule has 1 fully saturated rings. The van der Waals surface area contributed by atoms with E-state index in [4.69, 9.17) is 5.73 Å². The first-order chi connectivity index (χ1) is 9.34. The van der Waals surface area contributed by atoms with E-state index in [0.717, 1.165) is 5.82 Å². The Morgan fingerprint density at radius 1 is 1.21 bits per heavy atom. The monoisotopic (exact) mass is 258 g/mol. The maximum Gasteiger partial charge on any atom is 0.166 e. The maximum absolute atomic E-state index is 6.16. The van der Waals surface area contributed by atoms with Crippen LogP contribution in [-0.4, -0.2) is 25.6 Å². The van der Waals surface area contributed by atoms with Crippen LogP contribution in [0.5, 0.6) is 0 Å². The molecule has 2 heterocycles. The largest absolute Gasteiger partial charge is 0.393 e. The molecule has 0 saturated heterocycles. The number of imidazole rings is 1. The van der Waals surface area contributed by atoms with Gasteiger partial charge in [-0.15, -0.1) is 0 Å². The summed E-state index contributed by atoms with van der Waals surface area (Å²) in [6, 6.07) is 0.474. The first-order valence-corrected chi connectivity index (χ1v) is 6.70. The van der Waals surface area contributed by atoms with Gasteiger partial charge in [0.25, 0.3) is 0 Å². The van der Waals surface area contributed by atoms with E-state index in [9.17, 15) is 0 Å². The topological polar surface area (TPSA) is 81.6 Å². The molecule has 3 rings (SSSR count). The quantitative estimate of drug-likeness (QED) is 0.879. The van der Waals surface area contributed by atoms with Crippen LogP contribution in [0.15, 0.2) is 25.0 Å². The molecule has 0 aliphatic heterocycles. The zero-order valence-corrected chi connectivity index (χ0v) is 10.8. The van der Waals surface area contributed by atoms with E-state index in [1.807, 2.05) is 6.20 Å². The second-order valence-corrected chi connectivity index (χ2v) is 4.91. The molecule has 6 nitrogen and oxygen atoms in total. The predicted molar refractivity (Wildman–Crippen MR) is 74.1 cm³/mol. The average Bonchev–Trinajstić information content (AvgIpc) is 2.96. The van der Waals surface area contributed by atoms with Crippen molar-refractivity contribution in [3.05, 3.63) is 25.0 Å². The molecule has 100 valence electrons. The van der Waals surface area contributed by atoms with Crippen molar-refractivity contribution in [2.24, 2.45) is 0 Å². The summed E-state index contributed by atoms with van der Waals surface area (Å²) in [5, 5.41) is 3.44. The summed E-state index contributed by atoms with van der Waals surface area (Å²) in [7, 11) is 0. The highest BCUT2D eigenvalue weighted by atomic mass is 15.1. The van der Waals surface area contributed by atoms with Crippen molar-refractivity contribution >= 4 is 11.5 Å². The van der Waals surface area contributed by atoms with Crippen molar-refractivity contribution < 1.29 is 0 Å². The molecule has 3 N–H and O–H groups in total. The molecule has 1 aliphatic carbocycles. The van der Waals surface area contributed by atoms with Gasteiger partial charge in [-0.25, -0.2) is 15.0 Å². The average molecular weight is 258 g/mol. The first-order valence-electron chi connectivity index (χ1n) is 6.70. The number of nitrogens with one attached hydrogen (secondary N) is 1. The van der Waals surface area contributed by atoms with Crippen molar-refractivity contribution in [1.82, 2.24) is 19.5 Å². The molecule has 1 saturated carbocycles. The van der Waals surface area contributed by atoms with E-state index in [-0.39, 0.29) is 0 Å². The van der Waals surface area contributed by atoms with Crippen LogP contribution in [0.1, 0.15) is 32.1 Å². The number of rotatable bonds is 3. The van der Waals surface area contributed by atoms with Crippen LogP contribution < -0.4 is 11.1 Å². The number of nitrogen functional groups attached to an aromatic ring is 1. The summed E-state index contributed by atoms with van der Waals surface area (Å²) < 4.78 is 1.79. The second kappa shape index (κ2) is 5.26. The highest BCUT2D eigenvalue weighted by Gasteiger charge is 2.16. The summed E-state index contributed by atoms with van der Waals surface area (Å²) in [4.78, 5) is 12.5. The van der Waals surface area contributed by atoms with Gasteiger partial charge in [-0.05, 0) is 12.8 Å². The molecule has 0 unspecified atom stereocenters. The summed E-state index contributed by atoms with van der Waals surface area (Å²) in [5.41, 5.74) is 6.73. The van der Waals surface area contributed by atoms with E-state index >= 15 is 0 Å². The van der Waals surface area contributed by atoms with Gasteiger partial charge < -0.3 is 11.1 Å². The van der Waals surface area contributed by atoms with Crippen molar-refractivity contribution in [2.75, 3.05) is 11.1 Å². The Labute approximate surface area is 112 Å². The Balaban J connectivity index is 1.84. The molecule has 0 radical (unpaired) electrons. The maximum atomic E-state index is 6.16. The molecule has 1 aliphatic rings. The first kappa shape index (κ1) is 12.0. The number of hydrogen-bond acceptors (Lipinski definition) is 5. The number of nitrogens with two attached hydrogens (primary N) is 1. The van der Waals surface area contributed by atoms with E-state index in [1.54, 1.807) is 17.1 Å². The third-order valence-corrected chi connectivity index (χ3v) is 3.56. The van der Waals surface area contributed by atoms with Gasteiger partial charge in [0.05, 0.1) is 0 Å². The second-order valence-electron chi connectivity index (χ2n) is 4.91. The van der Waals surface area contributed by atoms with Crippen molar-refractivity contribution in [2.45, 2.75) is 38.1 Å². The molecule has 0 aromatic carbocycles. The zero-order valence-electron chi connectivity index (χ0n) is 10.8. The van der Waals surface area contributed by atoms with Crippen LogP contribution >= 0.6 is 0 Å². The Kier molecular flexibility index (Phi) is 3.31. The lowest BCUT2D eigenvalue weighted by atomic mass is 9.95. The van der Waals surface area contributed by atoms with Crippen LogP contribution in [0.3, 0.4) is 0 Å². The number of anilines is 2. The fourth-order valence-electron chi connectivity index (χ4n) is 2.53. The molecule has 0 bridgehead atoms. The van der Waals surface area contributed by atoms with Crippen LogP contribution in [0.4, 0.5) is 11.5 Å². The van der Waals surface area contributed by atoms with Gasteiger partial charge in [0.1, 0.15) is 18.3 Å². The summed E-state index contributed by atoms with van der Waals surface area (Å²) in [5.74, 6) is 1.40. The molecule has 6 heteroatoms. The van der Waals surface area contributed by atoms with E-state index in [0.29, 0.717) is 17.5 Å². The SMILES string of the molecule is Nc1c(NC2CCCCC2)ncnc1-n1ccnc1. The fraction of sp³-hybridized carbons (Fsp3) is 0.462. The minimum absolute atomic E-state index is 0.474. The Hall–Kier alpha value is -2.11.